The Labute approximate surface area is 138 Å². The van der Waals surface area contributed by atoms with E-state index in [0.29, 0.717) is 10.6 Å². The third-order valence-electron chi connectivity index (χ3n) is 3.64. The molecule has 0 saturated heterocycles. The Balaban J connectivity index is 2.06. The number of hydrogen-bond donors (Lipinski definition) is 1. The molecule has 2 heterocycles. The summed E-state index contributed by atoms with van der Waals surface area (Å²) < 4.78 is 8.79. The molecule has 0 aliphatic carbocycles. The van der Waals surface area contributed by atoms with E-state index in [-0.39, 0.29) is 6.54 Å². The van der Waals surface area contributed by atoms with Gasteiger partial charge in [-0.1, -0.05) is 23.7 Å². The van der Waals surface area contributed by atoms with Crippen LogP contribution in [0.4, 0.5) is 0 Å². The monoisotopic (exact) mass is 333 g/mol. The third-order valence-corrected chi connectivity index (χ3v) is 3.89. The highest BCUT2D eigenvalue weighted by Gasteiger charge is 2.41. The third kappa shape index (κ3) is 3.12. The number of benzene rings is 1. The van der Waals surface area contributed by atoms with Crippen LogP contribution in [0.1, 0.15) is 11.8 Å². The van der Waals surface area contributed by atoms with Crippen molar-refractivity contribution in [3.63, 3.8) is 0 Å². The van der Waals surface area contributed by atoms with Gasteiger partial charge in [0.05, 0.1) is 12.9 Å². The minimum absolute atomic E-state index is 0.229. The van der Waals surface area contributed by atoms with Crippen LogP contribution < -0.4 is 0 Å². The van der Waals surface area contributed by atoms with E-state index in [1.165, 1.54) is 24.4 Å². The van der Waals surface area contributed by atoms with Crippen molar-refractivity contribution in [3.05, 3.63) is 66.2 Å². The Morgan fingerprint density at radius 3 is 2.61 bits per heavy atom. The maximum absolute atomic E-state index is 11.5. The van der Waals surface area contributed by atoms with Crippen LogP contribution in [0.15, 0.2) is 55.6 Å². The van der Waals surface area contributed by atoms with Gasteiger partial charge in [-0.15, -0.1) is 0 Å². The number of nitrogens with zero attached hydrogens (tertiary/aromatic N) is 5. The van der Waals surface area contributed by atoms with E-state index in [0.717, 1.165) is 0 Å². The number of hydrogen-bond acceptors (Lipinski definition) is 5. The quantitative estimate of drug-likeness (QED) is 0.745. The molecular weight excluding hydrogens is 318 g/mol. The van der Waals surface area contributed by atoms with Gasteiger partial charge in [0.25, 0.3) is 0 Å². The molecule has 2 atom stereocenters. The lowest BCUT2D eigenvalue weighted by Gasteiger charge is -2.35. The molecular formula is C15H16ClN5O2. The van der Waals surface area contributed by atoms with Crippen molar-refractivity contribution in [2.24, 2.45) is 0 Å². The second-order valence-electron chi connectivity index (χ2n) is 5.13. The zero-order valence-electron chi connectivity index (χ0n) is 12.5. The van der Waals surface area contributed by atoms with Gasteiger partial charge in [-0.3, -0.25) is 0 Å². The van der Waals surface area contributed by atoms with Crippen LogP contribution in [-0.2, 0) is 16.9 Å². The number of ether oxygens (including phenoxy) is 1. The van der Waals surface area contributed by atoms with Gasteiger partial charge in [-0.05, 0) is 17.7 Å². The smallest absolute Gasteiger partial charge is 0.185 e. The molecule has 0 aliphatic heterocycles. The molecule has 0 unspecified atom stereocenters. The summed E-state index contributed by atoms with van der Waals surface area (Å²) in [5, 5.41) is 16.2. The van der Waals surface area contributed by atoms with Crippen molar-refractivity contribution in [1.29, 1.82) is 0 Å². The molecule has 0 fully saturated rings. The molecule has 0 radical (unpaired) electrons. The van der Waals surface area contributed by atoms with Gasteiger partial charge < -0.3 is 14.4 Å². The second-order valence-corrected chi connectivity index (χ2v) is 5.57. The van der Waals surface area contributed by atoms with Crippen LogP contribution in [-0.4, -0.2) is 36.5 Å². The Bertz CT molecular complexity index is 730. The fraction of sp³-hybridized carbons (Fsp3) is 0.267. The molecule has 7 nitrogen and oxygen atoms in total. The highest BCUT2D eigenvalue weighted by Crippen LogP contribution is 2.35. The summed E-state index contributed by atoms with van der Waals surface area (Å²) >= 11 is 5.96. The summed E-state index contributed by atoms with van der Waals surface area (Å²) in [7, 11) is 1.52. The standard InChI is InChI=1S/C15H16ClN5O2/c1-23-14(21-11-18-9-19-21)15(22,8-20-7-6-17-10-20)12-2-4-13(16)5-3-12/h2-7,9-11,14,22H,8H2,1H3/t14-,15+/m1/s1. The molecule has 0 spiro atoms. The van der Waals surface area contributed by atoms with Crippen molar-refractivity contribution >= 4 is 11.6 Å². The molecule has 0 aliphatic rings. The Hall–Kier alpha value is -2.22. The Kier molecular flexibility index (Phi) is 4.42. The molecule has 0 saturated carbocycles. The van der Waals surface area contributed by atoms with E-state index in [9.17, 15) is 5.11 Å². The SMILES string of the molecule is CO[C@@H](n1cncn1)[C@](O)(Cn1ccnc1)c1ccc(Cl)cc1. The lowest BCUT2D eigenvalue weighted by atomic mass is 9.91. The summed E-state index contributed by atoms with van der Waals surface area (Å²) in [6, 6.07) is 6.98. The van der Waals surface area contributed by atoms with Gasteiger partial charge in [0.2, 0.25) is 0 Å². The molecule has 0 amide bonds. The predicted molar refractivity (Wildman–Crippen MR) is 83.6 cm³/mol. The first-order valence-corrected chi connectivity index (χ1v) is 7.32. The van der Waals surface area contributed by atoms with Gasteiger partial charge in [0, 0.05) is 24.5 Å². The first-order chi connectivity index (χ1) is 11.1. The molecule has 3 rings (SSSR count). The lowest BCUT2D eigenvalue weighted by molar-refractivity contribution is -0.152. The van der Waals surface area contributed by atoms with Crippen molar-refractivity contribution < 1.29 is 9.84 Å². The molecule has 1 N–H and O–H groups in total. The van der Waals surface area contributed by atoms with Gasteiger partial charge in [0.15, 0.2) is 11.8 Å². The highest BCUT2D eigenvalue weighted by atomic mass is 35.5. The summed E-state index contributed by atoms with van der Waals surface area (Å²) in [4.78, 5) is 7.95. The van der Waals surface area contributed by atoms with Gasteiger partial charge in [0.1, 0.15) is 12.7 Å². The first kappa shape index (κ1) is 15.7. The number of aromatic nitrogens is 5. The van der Waals surface area contributed by atoms with Crippen molar-refractivity contribution in [1.82, 2.24) is 24.3 Å². The van der Waals surface area contributed by atoms with Crippen LogP contribution in [0.25, 0.3) is 0 Å². The Morgan fingerprint density at radius 2 is 2.04 bits per heavy atom. The topological polar surface area (TPSA) is 78.0 Å². The first-order valence-electron chi connectivity index (χ1n) is 6.94. The molecule has 0 bridgehead atoms. The molecule has 1 aromatic carbocycles. The average Bonchev–Trinajstić information content (AvgIpc) is 3.22. The maximum atomic E-state index is 11.5. The largest absolute Gasteiger partial charge is 0.378 e. The summed E-state index contributed by atoms with van der Waals surface area (Å²) in [6.07, 6.45) is 7.19. The second kappa shape index (κ2) is 6.49. The Morgan fingerprint density at radius 1 is 1.26 bits per heavy atom. The van der Waals surface area contributed by atoms with E-state index in [2.05, 4.69) is 15.1 Å². The van der Waals surface area contributed by atoms with E-state index >= 15 is 0 Å². The van der Waals surface area contributed by atoms with Crippen molar-refractivity contribution in [2.75, 3.05) is 7.11 Å². The number of imidazole rings is 1. The van der Waals surface area contributed by atoms with Crippen LogP contribution in [0.3, 0.4) is 0 Å². The molecule has 23 heavy (non-hydrogen) atoms. The van der Waals surface area contributed by atoms with Gasteiger partial charge >= 0.3 is 0 Å². The lowest BCUT2D eigenvalue weighted by Crippen LogP contribution is -2.42. The van der Waals surface area contributed by atoms with E-state index < -0.39 is 11.8 Å². The molecule has 8 heteroatoms. The molecule has 120 valence electrons. The van der Waals surface area contributed by atoms with Crippen LogP contribution in [0.2, 0.25) is 5.02 Å². The van der Waals surface area contributed by atoms with Crippen molar-refractivity contribution in [3.8, 4) is 0 Å². The van der Waals surface area contributed by atoms with Crippen molar-refractivity contribution in [2.45, 2.75) is 18.4 Å². The fourth-order valence-electron chi connectivity index (χ4n) is 2.57. The minimum atomic E-state index is -1.40. The number of aliphatic hydroxyl groups is 1. The van der Waals surface area contributed by atoms with E-state index in [4.69, 9.17) is 16.3 Å². The number of halogens is 1. The van der Waals surface area contributed by atoms with Crippen LogP contribution >= 0.6 is 11.6 Å². The summed E-state index contributed by atoms with van der Waals surface area (Å²) in [6.45, 7) is 0.229. The highest BCUT2D eigenvalue weighted by molar-refractivity contribution is 6.30. The molecule has 3 aromatic rings. The zero-order chi connectivity index (χ0) is 16.3. The predicted octanol–water partition coefficient (Wildman–Crippen LogP) is 1.86. The van der Waals surface area contributed by atoms with Crippen LogP contribution in [0.5, 0.6) is 0 Å². The fourth-order valence-corrected chi connectivity index (χ4v) is 2.70. The van der Waals surface area contributed by atoms with E-state index in [1.54, 1.807) is 47.6 Å². The molecule has 2 aromatic heterocycles. The summed E-state index contributed by atoms with van der Waals surface area (Å²) in [5.74, 6) is 0. The number of methoxy groups -OCH3 is 1. The van der Waals surface area contributed by atoms with Crippen LogP contribution in [0, 0.1) is 0 Å². The maximum Gasteiger partial charge on any atom is 0.185 e. The van der Waals surface area contributed by atoms with Gasteiger partial charge in [-0.25, -0.2) is 14.6 Å². The van der Waals surface area contributed by atoms with Gasteiger partial charge in [-0.2, -0.15) is 5.10 Å². The van der Waals surface area contributed by atoms with E-state index in [1.807, 2.05) is 0 Å². The number of rotatable bonds is 6. The minimum Gasteiger partial charge on any atom is -0.378 e. The zero-order valence-corrected chi connectivity index (χ0v) is 13.2. The summed E-state index contributed by atoms with van der Waals surface area (Å²) in [5.41, 5.74) is -0.744. The normalized spacial score (nSPS) is 15.3. The average molecular weight is 334 g/mol.